The van der Waals surface area contributed by atoms with E-state index in [0.717, 1.165) is 12.1 Å². The van der Waals surface area contributed by atoms with Gasteiger partial charge in [-0.1, -0.05) is 25.3 Å². The van der Waals surface area contributed by atoms with E-state index in [4.69, 9.17) is 4.74 Å². The van der Waals surface area contributed by atoms with Crippen molar-refractivity contribution in [1.82, 2.24) is 5.32 Å². The lowest BCUT2D eigenvalue weighted by atomic mass is 9.96. The average Bonchev–Trinajstić information content (AvgIpc) is 2.40. The lowest BCUT2D eigenvalue weighted by molar-refractivity contribution is 0.279. The van der Waals surface area contributed by atoms with E-state index in [1.165, 1.54) is 38.2 Å². The van der Waals surface area contributed by atoms with Crippen LogP contribution in [0.1, 0.15) is 37.7 Å². The van der Waals surface area contributed by atoms with E-state index < -0.39 is 0 Å². The Morgan fingerprint density at radius 2 is 2.06 bits per heavy atom. The highest BCUT2D eigenvalue weighted by Crippen LogP contribution is 2.19. The molecule has 0 aliphatic heterocycles. The van der Waals surface area contributed by atoms with Crippen LogP contribution in [-0.4, -0.2) is 19.2 Å². The standard InChI is InChI=1S/C15H22FNO/c1-12-7-8-14(16)15(11-12)18-10-9-17-13-5-3-2-4-6-13/h7-8,11,13,17H,2-6,9-10H2,1H3. The molecule has 0 heterocycles. The molecule has 0 amide bonds. The molecule has 2 nitrogen and oxygen atoms in total. The molecule has 1 aromatic rings. The molecule has 1 aliphatic rings. The molecule has 0 atom stereocenters. The molecular formula is C15H22FNO. The normalized spacial score (nSPS) is 16.8. The summed E-state index contributed by atoms with van der Waals surface area (Å²) in [6, 6.07) is 5.59. The van der Waals surface area contributed by atoms with Crippen LogP contribution in [0.4, 0.5) is 4.39 Å². The van der Waals surface area contributed by atoms with Crippen molar-refractivity contribution in [2.45, 2.75) is 45.1 Å². The third kappa shape index (κ3) is 3.98. The van der Waals surface area contributed by atoms with Crippen LogP contribution in [0.3, 0.4) is 0 Å². The molecule has 0 bridgehead atoms. The van der Waals surface area contributed by atoms with Gasteiger partial charge in [0.1, 0.15) is 6.61 Å². The third-order valence-corrected chi connectivity index (χ3v) is 3.48. The fourth-order valence-corrected chi connectivity index (χ4v) is 2.45. The summed E-state index contributed by atoms with van der Waals surface area (Å²) in [6.45, 7) is 3.25. The highest BCUT2D eigenvalue weighted by Gasteiger charge is 2.12. The van der Waals surface area contributed by atoms with Gasteiger partial charge in [-0.2, -0.15) is 0 Å². The van der Waals surface area contributed by atoms with E-state index in [1.54, 1.807) is 12.1 Å². The second-order valence-corrected chi connectivity index (χ2v) is 5.07. The molecule has 1 fully saturated rings. The summed E-state index contributed by atoms with van der Waals surface area (Å²) in [5, 5.41) is 3.48. The molecule has 1 N–H and O–H groups in total. The van der Waals surface area contributed by atoms with Crippen molar-refractivity contribution in [3.8, 4) is 5.75 Å². The fraction of sp³-hybridized carbons (Fsp3) is 0.600. The van der Waals surface area contributed by atoms with Crippen LogP contribution in [0.25, 0.3) is 0 Å². The first-order chi connectivity index (χ1) is 8.75. The van der Waals surface area contributed by atoms with Crippen LogP contribution in [0, 0.1) is 12.7 Å². The van der Waals surface area contributed by atoms with E-state index in [-0.39, 0.29) is 5.82 Å². The molecule has 18 heavy (non-hydrogen) atoms. The van der Waals surface area contributed by atoms with Gasteiger partial charge in [-0.3, -0.25) is 0 Å². The Bertz CT molecular complexity index is 375. The summed E-state index contributed by atoms with van der Waals surface area (Å²) in [4.78, 5) is 0. The first kappa shape index (κ1) is 13.3. The van der Waals surface area contributed by atoms with Gasteiger partial charge >= 0.3 is 0 Å². The maximum atomic E-state index is 13.4. The fourth-order valence-electron chi connectivity index (χ4n) is 2.45. The molecule has 0 aromatic heterocycles. The molecule has 0 spiro atoms. The molecule has 0 radical (unpaired) electrons. The summed E-state index contributed by atoms with van der Waals surface area (Å²) < 4.78 is 18.9. The van der Waals surface area contributed by atoms with Gasteiger partial charge in [0, 0.05) is 12.6 Å². The van der Waals surface area contributed by atoms with Gasteiger partial charge in [-0.25, -0.2) is 4.39 Å². The summed E-state index contributed by atoms with van der Waals surface area (Å²) in [7, 11) is 0. The Labute approximate surface area is 109 Å². The van der Waals surface area contributed by atoms with E-state index in [9.17, 15) is 4.39 Å². The second kappa shape index (κ2) is 6.74. The minimum atomic E-state index is -0.279. The molecular weight excluding hydrogens is 229 g/mol. The molecule has 1 saturated carbocycles. The maximum absolute atomic E-state index is 13.4. The molecule has 1 aliphatic carbocycles. The number of hydrogen-bond acceptors (Lipinski definition) is 2. The minimum Gasteiger partial charge on any atom is -0.489 e. The zero-order chi connectivity index (χ0) is 12.8. The Kier molecular flexibility index (Phi) is 5.00. The van der Waals surface area contributed by atoms with Crippen LogP contribution in [0.5, 0.6) is 5.75 Å². The van der Waals surface area contributed by atoms with Crippen molar-refractivity contribution in [2.75, 3.05) is 13.2 Å². The van der Waals surface area contributed by atoms with Crippen molar-refractivity contribution >= 4 is 0 Å². The van der Waals surface area contributed by atoms with E-state index in [0.29, 0.717) is 18.4 Å². The Morgan fingerprint density at radius 3 is 2.83 bits per heavy atom. The summed E-state index contributed by atoms with van der Waals surface area (Å²) >= 11 is 0. The summed E-state index contributed by atoms with van der Waals surface area (Å²) in [5.41, 5.74) is 1.02. The first-order valence-electron chi connectivity index (χ1n) is 6.88. The van der Waals surface area contributed by atoms with E-state index in [1.807, 2.05) is 6.92 Å². The van der Waals surface area contributed by atoms with Gasteiger partial charge in [0.15, 0.2) is 11.6 Å². The Hall–Kier alpha value is -1.09. The molecule has 0 unspecified atom stereocenters. The van der Waals surface area contributed by atoms with Gasteiger partial charge in [-0.15, -0.1) is 0 Å². The van der Waals surface area contributed by atoms with Crippen LogP contribution in [0.15, 0.2) is 18.2 Å². The summed E-state index contributed by atoms with van der Waals surface area (Å²) in [5.74, 6) is 0.0821. The van der Waals surface area contributed by atoms with Gasteiger partial charge in [0.25, 0.3) is 0 Å². The molecule has 2 rings (SSSR count). The van der Waals surface area contributed by atoms with E-state index in [2.05, 4.69) is 5.32 Å². The van der Waals surface area contributed by atoms with Gasteiger partial charge in [0.05, 0.1) is 0 Å². The highest BCUT2D eigenvalue weighted by atomic mass is 19.1. The lowest BCUT2D eigenvalue weighted by Gasteiger charge is -2.22. The quantitative estimate of drug-likeness (QED) is 0.809. The SMILES string of the molecule is Cc1ccc(F)c(OCCNC2CCCCC2)c1. The number of benzene rings is 1. The zero-order valence-corrected chi connectivity index (χ0v) is 11.0. The summed E-state index contributed by atoms with van der Waals surface area (Å²) in [6.07, 6.45) is 6.54. The maximum Gasteiger partial charge on any atom is 0.165 e. The number of halogens is 1. The van der Waals surface area contributed by atoms with Crippen molar-refractivity contribution in [2.24, 2.45) is 0 Å². The largest absolute Gasteiger partial charge is 0.489 e. The lowest BCUT2D eigenvalue weighted by Crippen LogP contribution is -2.34. The number of aryl methyl sites for hydroxylation is 1. The predicted molar refractivity (Wildman–Crippen MR) is 71.5 cm³/mol. The monoisotopic (exact) mass is 251 g/mol. The molecule has 0 saturated heterocycles. The van der Waals surface area contributed by atoms with Crippen molar-refractivity contribution in [3.63, 3.8) is 0 Å². The second-order valence-electron chi connectivity index (χ2n) is 5.07. The predicted octanol–water partition coefficient (Wildman–Crippen LogP) is 3.44. The third-order valence-electron chi connectivity index (χ3n) is 3.48. The zero-order valence-electron chi connectivity index (χ0n) is 11.0. The number of hydrogen-bond donors (Lipinski definition) is 1. The molecule has 3 heteroatoms. The molecule has 1 aromatic carbocycles. The average molecular weight is 251 g/mol. The van der Waals surface area contributed by atoms with Gasteiger partial charge in [-0.05, 0) is 37.5 Å². The van der Waals surface area contributed by atoms with Crippen LogP contribution in [-0.2, 0) is 0 Å². The number of nitrogens with one attached hydrogen (secondary N) is 1. The highest BCUT2D eigenvalue weighted by molar-refractivity contribution is 5.29. The Balaban J connectivity index is 1.69. The number of rotatable bonds is 5. The van der Waals surface area contributed by atoms with Gasteiger partial charge in [0.2, 0.25) is 0 Å². The van der Waals surface area contributed by atoms with Crippen molar-refractivity contribution < 1.29 is 9.13 Å². The topological polar surface area (TPSA) is 21.3 Å². The molecule has 100 valence electrons. The van der Waals surface area contributed by atoms with Crippen molar-refractivity contribution in [3.05, 3.63) is 29.6 Å². The smallest absolute Gasteiger partial charge is 0.165 e. The van der Waals surface area contributed by atoms with Crippen LogP contribution in [0.2, 0.25) is 0 Å². The Morgan fingerprint density at radius 1 is 1.28 bits per heavy atom. The number of ether oxygens (including phenoxy) is 1. The van der Waals surface area contributed by atoms with Gasteiger partial charge < -0.3 is 10.1 Å². The minimum absolute atomic E-state index is 0.279. The first-order valence-corrected chi connectivity index (χ1v) is 6.88. The van der Waals surface area contributed by atoms with Crippen LogP contribution < -0.4 is 10.1 Å². The van der Waals surface area contributed by atoms with Crippen molar-refractivity contribution in [1.29, 1.82) is 0 Å². The van der Waals surface area contributed by atoms with Crippen LogP contribution >= 0.6 is 0 Å². The van der Waals surface area contributed by atoms with E-state index >= 15 is 0 Å².